The van der Waals surface area contributed by atoms with Gasteiger partial charge in [-0.1, -0.05) is 18.1 Å². The molecule has 0 spiro atoms. The first-order chi connectivity index (χ1) is 11.8. The third-order valence-electron chi connectivity index (χ3n) is 4.71. The van der Waals surface area contributed by atoms with Gasteiger partial charge in [-0.15, -0.1) is 5.10 Å². The van der Waals surface area contributed by atoms with Gasteiger partial charge in [0.05, 0.1) is 5.52 Å². The smallest absolute Gasteiger partial charge is 0.251 e. The third kappa shape index (κ3) is 4.12. The summed E-state index contributed by atoms with van der Waals surface area (Å²) in [5.41, 5.74) is 2.39. The molecule has 0 saturated carbocycles. The van der Waals surface area contributed by atoms with Crippen molar-refractivity contribution < 1.29 is 4.79 Å². The molecule has 1 aliphatic heterocycles. The van der Waals surface area contributed by atoms with Crippen molar-refractivity contribution in [3.63, 3.8) is 0 Å². The van der Waals surface area contributed by atoms with E-state index in [2.05, 4.69) is 20.5 Å². The number of carbonyl (C=O) groups excluding carboxylic acids is 1. The molecule has 1 aromatic heterocycles. The average molecular weight is 329 g/mol. The van der Waals surface area contributed by atoms with Gasteiger partial charge in [-0.3, -0.25) is 4.79 Å². The van der Waals surface area contributed by atoms with Crippen LogP contribution in [0.15, 0.2) is 18.2 Å². The fraction of sp³-hybridized carbons (Fsp3) is 0.611. The quantitative estimate of drug-likeness (QED) is 0.827. The van der Waals surface area contributed by atoms with Crippen LogP contribution in [0, 0.1) is 0 Å². The van der Waals surface area contributed by atoms with E-state index >= 15 is 0 Å². The molecule has 1 aromatic carbocycles. The first-order valence-corrected chi connectivity index (χ1v) is 9.11. The van der Waals surface area contributed by atoms with E-state index in [-0.39, 0.29) is 5.91 Å². The summed E-state index contributed by atoms with van der Waals surface area (Å²) in [6, 6.07) is 5.59. The van der Waals surface area contributed by atoms with Gasteiger partial charge in [0.25, 0.3) is 5.91 Å². The molecule has 3 rings (SSSR count). The number of likely N-dealkylation sites (tertiary alicyclic amines) is 1. The number of nitrogens with one attached hydrogen (secondary N) is 1. The molecule has 0 bridgehead atoms. The van der Waals surface area contributed by atoms with Crippen molar-refractivity contribution in [2.45, 2.75) is 45.6 Å². The van der Waals surface area contributed by atoms with Gasteiger partial charge < -0.3 is 10.2 Å². The van der Waals surface area contributed by atoms with E-state index in [0.29, 0.717) is 5.56 Å². The molecule has 1 N–H and O–H groups in total. The van der Waals surface area contributed by atoms with E-state index in [4.69, 9.17) is 0 Å². The summed E-state index contributed by atoms with van der Waals surface area (Å²) < 4.78 is 1.83. The lowest BCUT2D eigenvalue weighted by Gasteiger charge is -2.19. The second kappa shape index (κ2) is 8.24. The van der Waals surface area contributed by atoms with Gasteiger partial charge in [0, 0.05) is 18.7 Å². The van der Waals surface area contributed by atoms with Crippen molar-refractivity contribution in [1.29, 1.82) is 0 Å². The Hall–Kier alpha value is -1.95. The second-order valence-electron chi connectivity index (χ2n) is 6.47. The van der Waals surface area contributed by atoms with E-state index in [1.165, 1.54) is 38.8 Å². The first kappa shape index (κ1) is 16.9. The van der Waals surface area contributed by atoms with Crippen LogP contribution in [0.4, 0.5) is 0 Å². The summed E-state index contributed by atoms with van der Waals surface area (Å²) >= 11 is 0. The summed E-state index contributed by atoms with van der Waals surface area (Å²) in [6.07, 6.45) is 6.34. The largest absolute Gasteiger partial charge is 0.352 e. The van der Waals surface area contributed by atoms with Crippen LogP contribution in [0.2, 0.25) is 0 Å². The maximum Gasteiger partial charge on any atom is 0.251 e. The monoisotopic (exact) mass is 329 g/mol. The number of nitrogens with zero attached hydrogens (tertiary/aromatic N) is 4. The zero-order valence-electron chi connectivity index (χ0n) is 14.5. The molecule has 1 amide bonds. The minimum absolute atomic E-state index is 0.0289. The van der Waals surface area contributed by atoms with Gasteiger partial charge in [0.15, 0.2) is 0 Å². The van der Waals surface area contributed by atoms with Crippen molar-refractivity contribution in [3.8, 4) is 0 Å². The predicted octanol–water partition coefficient (Wildman–Crippen LogP) is 2.45. The molecule has 2 heterocycles. The summed E-state index contributed by atoms with van der Waals surface area (Å²) in [7, 11) is 0. The number of amides is 1. The van der Waals surface area contributed by atoms with Gasteiger partial charge >= 0.3 is 0 Å². The van der Waals surface area contributed by atoms with Crippen LogP contribution in [-0.4, -0.2) is 52.0 Å². The van der Waals surface area contributed by atoms with Crippen LogP contribution in [-0.2, 0) is 6.54 Å². The molecule has 6 heteroatoms. The molecule has 1 aliphatic rings. The molecule has 24 heavy (non-hydrogen) atoms. The highest BCUT2D eigenvalue weighted by Gasteiger charge is 2.11. The Morgan fingerprint density at radius 3 is 2.75 bits per heavy atom. The highest BCUT2D eigenvalue weighted by molar-refractivity contribution is 5.97. The Kier molecular flexibility index (Phi) is 5.80. The summed E-state index contributed by atoms with van der Waals surface area (Å²) in [5.74, 6) is -0.0289. The van der Waals surface area contributed by atoms with Gasteiger partial charge in [-0.05, 0) is 64.0 Å². The Balaban J connectivity index is 1.48. The molecular weight excluding hydrogens is 302 g/mol. The molecular formula is C18H27N5O. The normalized spacial score (nSPS) is 16.2. The molecule has 0 atom stereocenters. The number of aromatic nitrogens is 3. The fourth-order valence-corrected chi connectivity index (χ4v) is 3.31. The van der Waals surface area contributed by atoms with E-state index in [9.17, 15) is 4.79 Å². The SMILES string of the molecule is CCn1nnc2cc(C(=O)NCCCN3CCCCCC3)ccc21. The zero-order valence-corrected chi connectivity index (χ0v) is 14.5. The molecule has 1 saturated heterocycles. The maximum atomic E-state index is 12.3. The lowest BCUT2D eigenvalue weighted by atomic mass is 10.2. The third-order valence-corrected chi connectivity index (χ3v) is 4.71. The van der Waals surface area contributed by atoms with Crippen LogP contribution < -0.4 is 5.32 Å². The lowest BCUT2D eigenvalue weighted by Crippen LogP contribution is -2.30. The predicted molar refractivity (Wildman–Crippen MR) is 95.1 cm³/mol. The van der Waals surface area contributed by atoms with Gasteiger partial charge in [0.1, 0.15) is 5.52 Å². The van der Waals surface area contributed by atoms with Crippen LogP contribution in [0.3, 0.4) is 0 Å². The van der Waals surface area contributed by atoms with Crippen LogP contribution >= 0.6 is 0 Å². The summed E-state index contributed by atoms with van der Waals surface area (Å²) in [4.78, 5) is 14.8. The van der Waals surface area contributed by atoms with Gasteiger partial charge in [-0.2, -0.15) is 0 Å². The van der Waals surface area contributed by atoms with E-state index in [0.717, 1.165) is 37.1 Å². The van der Waals surface area contributed by atoms with E-state index in [1.54, 1.807) is 0 Å². The van der Waals surface area contributed by atoms with Crippen molar-refractivity contribution in [2.75, 3.05) is 26.2 Å². The lowest BCUT2D eigenvalue weighted by molar-refractivity contribution is 0.0952. The number of benzene rings is 1. The molecule has 0 unspecified atom stereocenters. The number of rotatable bonds is 6. The minimum atomic E-state index is -0.0289. The standard InChI is InChI=1S/C18H27N5O/c1-2-23-17-9-8-15(14-16(17)20-21-23)18(24)19-10-7-13-22-11-5-3-4-6-12-22/h8-9,14H,2-7,10-13H2,1H3,(H,19,24). The number of aryl methyl sites for hydroxylation is 1. The molecule has 0 aliphatic carbocycles. The molecule has 0 radical (unpaired) electrons. The Labute approximate surface area is 143 Å². The Bertz CT molecular complexity index is 673. The molecule has 130 valence electrons. The molecule has 2 aromatic rings. The van der Waals surface area contributed by atoms with Crippen LogP contribution in [0.25, 0.3) is 11.0 Å². The fourth-order valence-electron chi connectivity index (χ4n) is 3.31. The number of carbonyl (C=O) groups is 1. The number of hydrogen-bond acceptors (Lipinski definition) is 4. The van der Waals surface area contributed by atoms with Crippen LogP contribution in [0.1, 0.15) is 49.4 Å². The molecule has 6 nitrogen and oxygen atoms in total. The van der Waals surface area contributed by atoms with Crippen LogP contribution in [0.5, 0.6) is 0 Å². The highest BCUT2D eigenvalue weighted by atomic mass is 16.1. The average Bonchev–Trinajstić information content (AvgIpc) is 2.84. The maximum absolute atomic E-state index is 12.3. The number of hydrogen-bond donors (Lipinski definition) is 1. The van der Waals surface area contributed by atoms with E-state index in [1.807, 2.05) is 29.8 Å². The second-order valence-corrected chi connectivity index (χ2v) is 6.47. The Morgan fingerprint density at radius 1 is 1.21 bits per heavy atom. The van der Waals surface area contributed by atoms with Crippen molar-refractivity contribution in [3.05, 3.63) is 23.8 Å². The number of fused-ring (bicyclic) bond motifs is 1. The highest BCUT2D eigenvalue weighted by Crippen LogP contribution is 2.13. The van der Waals surface area contributed by atoms with Gasteiger partial charge in [-0.25, -0.2) is 4.68 Å². The van der Waals surface area contributed by atoms with Gasteiger partial charge in [0.2, 0.25) is 0 Å². The van der Waals surface area contributed by atoms with Crippen molar-refractivity contribution >= 4 is 16.9 Å². The summed E-state index contributed by atoms with van der Waals surface area (Å²) in [6.45, 7) is 7.01. The topological polar surface area (TPSA) is 63.1 Å². The van der Waals surface area contributed by atoms with E-state index < -0.39 is 0 Å². The first-order valence-electron chi connectivity index (χ1n) is 9.11. The summed E-state index contributed by atoms with van der Waals surface area (Å²) in [5, 5.41) is 11.2. The van der Waals surface area contributed by atoms with Crippen molar-refractivity contribution in [2.24, 2.45) is 0 Å². The molecule has 1 fully saturated rings. The minimum Gasteiger partial charge on any atom is -0.352 e. The zero-order chi connectivity index (χ0) is 16.8. The van der Waals surface area contributed by atoms with Crippen molar-refractivity contribution in [1.82, 2.24) is 25.2 Å². The Morgan fingerprint density at radius 2 is 2.00 bits per heavy atom.